The van der Waals surface area contributed by atoms with Crippen LogP contribution in [0.3, 0.4) is 0 Å². The number of nitrogens with one attached hydrogen (secondary N) is 1. The average molecular weight is 616 g/mol. The van der Waals surface area contributed by atoms with Gasteiger partial charge in [-0.3, -0.25) is 24.2 Å². The molecule has 0 spiro atoms. The van der Waals surface area contributed by atoms with Crippen LogP contribution in [0.5, 0.6) is 5.75 Å². The summed E-state index contributed by atoms with van der Waals surface area (Å²) in [5, 5.41) is 16.3. The molecule has 11 nitrogen and oxygen atoms in total. The van der Waals surface area contributed by atoms with Crippen molar-refractivity contribution in [2.75, 3.05) is 16.8 Å². The Bertz CT molecular complexity index is 1700. The number of benzene rings is 1. The Balaban J connectivity index is 1.38. The van der Waals surface area contributed by atoms with Gasteiger partial charge in [0.1, 0.15) is 11.6 Å². The molecule has 1 saturated heterocycles. The molecule has 224 valence electrons. The molecule has 1 fully saturated rings. The van der Waals surface area contributed by atoms with E-state index in [4.69, 9.17) is 11.6 Å². The Morgan fingerprint density at radius 3 is 2.70 bits per heavy atom. The van der Waals surface area contributed by atoms with Gasteiger partial charge in [0.2, 0.25) is 5.91 Å². The second-order valence-corrected chi connectivity index (χ2v) is 10.1. The summed E-state index contributed by atoms with van der Waals surface area (Å²) in [4.78, 5) is 39.6. The first kappa shape index (κ1) is 29.9. The van der Waals surface area contributed by atoms with Crippen LogP contribution in [0.15, 0.2) is 43.0 Å². The number of halogens is 4. The fourth-order valence-electron chi connectivity index (χ4n) is 4.73. The smallest absolute Gasteiger partial charge is 0.387 e. The molecule has 2 amide bonds. The molecule has 1 atom stereocenters. The van der Waals surface area contributed by atoms with E-state index in [0.29, 0.717) is 18.8 Å². The van der Waals surface area contributed by atoms with Crippen LogP contribution >= 0.6 is 11.6 Å². The first-order valence-corrected chi connectivity index (χ1v) is 13.5. The summed E-state index contributed by atoms with van der Waals surface area (Å²) in [7, 11) is 0. The summed E-state index contributed by atoms with van der Waals surface area (Å²) in [6.45, 7) is 0.444. The quantitative estimate of drug-likeness (QED) is 0.271. The lowest BCUT2D eigenvalue weighted by Gasteiger charge is -2.19. The van der Waals surface area contributed by atoms with E-state index in [9.17, 15) is 27.9 Å². The van der Waals surface area contributed by atoms with Crippen LogP contribution in [-0.2, 0) is 11.4 Å². The van der Waals surface area contributed by atoms with Gasteiger partial charge in [0.05, 0.1) is 52.7 Å². The number of anilines is 2. The largest absolute Gasteiger partial charge is 0.434 e. The zero-order valence-corrected chi connectivity index (χ0v) is 23.6. The molecular weight excluding hydrogens is 591 g/mol. The molecule has 2 N–H and O–H groups in total. The number of carbonyl (C=O) groups excluding carboxylic acids is 2. The highest BCUT2D eigenvalue weighted by molar-refractivity contribution is 6.31. The number of nitrogens with zero attached hydrogens (tertiary/aromatic N) is 6. The van der Waals surface area contributed by atoms with Gasteiger partial charge in [0.25, 0.3) is 5.91 Å². The van der Waals surface area contributed by atoms with Gasteiger partial charge in [-0.15, -0.1) is 0 Å². The SMILES string of the molecule is Cc1cc(C(C)n2cc(NC(=O)c3nc(-c4c(OC(F)F)ccc(Cl)c4F)cnc3CO)cn2)cnc1N1CCCC1=O. The highest BCUT2D eigenvalue weighted by Gasteiger charge is 2.26. The molecular formula is C28H25ClF3N7O4. The van der Waals surface area contributed by atoms with Crippen LogP contribution in [0, 0.1) is 12.7 Å². The van der Waals surface area contributed by atoms with Gasteiger partial charge < -0.3 is 15.2 Å². The van der Waals surface area contributed by atoms with Crippen molar-refractivity contribution in [2.45, 2.75) is 45.9 Å². The molecule has 1 aliphatic rings. The number of aliphatic hydroxyl groups is 1. The topological polar surface area (TPSA) is 135 Å². The second kappa shape index (κ2) is 12.4. The minimum absolute atomic E-state index is 0.0445. The number of carbonyl (C=O) groups is 2. The molecule has 0 radical (unpaired) electrons. The van der Waals surface area contributed by atoms with E-state index >= 15 is 0 Å². The Hall–Kier alpha value is -4.56. The molecule has 4 aromatic rings. The zero-order chi connectivity index (χ0) is 30.8. The van der Waals surface area contributed by atoms with Crippen molar-refractivity contribution < 1.29 is 32.6 Å². The number of pyridine rings is 1. The van der Waals surface area contributed by atoms with E-state index in [0.717, 1.165) is 35.9 Å². The summed E-state index contributed by atoms with van der Waals surface area (Å²) in [5.74, 6) is -1.81. The van der Waals surface area contributed by atoms with Crippen molar-refractivity contribution in [1.82, 2.24) is 24.7 Å². The van der Waals surface area contributed by atoms with Crippen molar-refractivity contribution in [3.8, 4) is 17.0 Å². The van der Waals surface area contributed by atoms with Crippen molar-refractivity contribution in [2.24, 2.45) is 0 Å². The fraction of sp³-hybridized carbons (Fsp3) is 0.286. The third kappa shape index (κ3) is 6.15. The Labute approximate surface area is 248 Å². The maximum absolute atomic E-state index is 14.9. The maximum Gasteiger partial charge on any atom is 0.387 e. The number of aryl methyl sites for hydroxylation is 1. The fourth-order valence-corrected chi connectivity index (χ4v) is 4.89. The summed E-state index contributed by atoms with van der Waals surface area (Å²) in [6.07, 6.45) is 6.94. The third-order valence-corrected chi connectivity index (χ3v) is 7.17. The molecule has 0 aliphatic carbocycles. The lowest BCUT2D eigenvalue weighted by molar-refractivity contribution is -0.117. The van der Waals surface area contributed by atoms with Crippen molar-refractivity contribution in [3.05, 3.63) is 76.3 Å². The standard InChI is InChI=1S/C28H25ClF3N7O4/c1-14-8-16(9-34-26(14)38-7-3-4-22(38)41)15(2)39-12-17(10-35-39)36-27(42)25-20(13-40)33-11-19(37-25)23-21(43-28(31)32)6-5-18(29)24(23)30/h5-6,8-12,15,28,40H,3-4,7,13H2,1-2H3,(H,36,42). The second-order valence-electron chi connectivity index (χ2n) is 9.72. The Morgan fingerprint density at radius 2 is 2.02 bits per heavy atom. The van der Waals surface area contributed by atoms with Gasteiger partial charge in [-0.05, 0) is 49.6 Å². The molecule has 5 rings (SSSR count). The predicted octanol–water partition coefficient (Wildman–Crippen LogP) is 4.92. The monoisotopic (exact) mass is 615 g/mol. The molecule has 1 aromatic carbocycles. The van der Waals surface area contributed by atoms with Crippen LogP contribution in [0.4, 0.5) is 24.7 Å². The normalized spacial score (nSPS) is 14.0. The molecule has 1 unspecified atom stereocenters. The predicted molar refractivity (Wildman–Crippen MR) is 150 cm³/mol. The van der Waals surface area contributed by atoms with Gasteiger partial charge in [0, 0.05) is 25.4 Å². The van der Waals surface area contributed by atoms with E-state index in [1.165, 1.54) is 6.20 Å². The number of alkyl halides is 2. The number of hydrogen-bond donors (Lipinski definition) is 2. The number of aromatic nitrogens is 5. The van der Waals surface area contributed by atoms with Gasteiger partial charge >= 0.3 is 6.61 Å². The van der Waals surface area contributed by atoms with E-state index in [1.807, 2.05) is 19.9 Å². The van der Waals surface area contributed by atoms with Gasteiger partial charge in [-0.1, -0.05) is 11.6 Å². The minimum Gasteiger partial charge on any atom is -0.434 e. The van der Waals surface area contributed by atoms with Crippen LogP contribution in [0.2, 0.25) is 5.02 Å². The van der Waals surface area contributed by atoms with E-state index < -0.39 is 36.3 Å². The van der Waals surface area contributed by atoms with Crippen molar-refractivity contribution in [1.29, 1.82) is 0 Å². The molecule has 0 bridgehead atoms. The average Bonchev–Trinajstić information content (AvgIpc) is 3.63. The molecule has 4 heterocycles. The number of hydrogen-bond acceptors (Lipinski definition) is 8. The van der Waals surface area contributed by atoms with Gasteiger partial charge in [-0.25, -0.2) is 14.4 Å². The third-order valence-electron chi connectivity index (χ3n) is 6.88. The summed E-state index contributed by atoms with van der Waals surface area (Å²) in [6, 6.07) is 3.71. The van der Waals surface area contributed by atoms with E-state index in [-0.39, 0.29) is 39.7 Å². The summed E-state index contributed by atoms with van der Waals surface area (Å²) >= 11 is 5.85. The van der Waals surface area contributed by atoms with E-state index in [1.54, 1.807) is 22.0 Å². The summed E-state index contributed by atoms with van der Waals surface area (Å²) in [5.41, 5.74) is 0.573. The van der Waals surface area contributed by atoms with Gasteiger partial charge in [-0.2, -0.15) is 13.9 Å². The number of ether oxygens (including phenoxy) is 1. The lowest BCUT2D eigenvalue weighted by Crippen LogP contribution is -2.25. The molecule has 43 heavy (non-hydrogen) atoms. The maximum atomic E-state index is 14.9. The Kier molecular flexibility index (Phi) is 8.59. The first-order valence-electron chi connectivity index (χ1n) is 13.1. The molecule has 15 heteroatoms. The number of aliphatic hydroxyl groups excluding tert-OH is 1. The van der Waals surface area contributed by atoms with Crippen molar-refractivity contribution >= 4 is 34.9 Å². The minimum atomic E-state index is -3.27. The van der Waals surface area contributed by atoms with Crippen LogP contribution < -0.4 is 15.0 Å². The molecule has 0 saturated carbocycles. The lowest BCUT2D eigenvalue weighted by atomic mass is 10.1. The summed E-state index contributed by atoms with van der Waals surface area (Å²) < 4.78 is 46.8. The molecule has 3 aromatic heterocycles. The van der Waals surface area contributed by atoms with Crippen molar-refractivity contribution in [3.63, 3.8) is 0 Å². The highest BCUT2D eigenvalue weighted by Crippen LogP contribution is 2.36. The van der Waals surface area contributed by atoms with Crippen LogP contribution in [-0.4, -0.2) is 54.8 Å². The number of amides is 2. The highest BCUT2D eigenvalue weighted by atomic mass is 35.5. The molecule has 1 aliphatic heterocycles. The Morgan fingerprint density at radius 1 is 1.23 bits per heavy atom. The van der Waals surface area contributed by atoms with Crippen LogP contribution in [0.1, 0.15) is 53.1 Å². The first-order chi connectivity index (χ1) is 20.6. The van der Waals surface area contributed by atoms with Gasteiger partial charge in [0.15, 0.2) is 11.5 Å². The van der Waals surface area contributed by atoms with Crippen LogP contribution in [0.25, 0.3) is 11.3 Å². The number of rotatable bonds is 9. The zero-order valence-electron chi connectivity index (χ0n) is 22.9. The van der Waals surface area contributed by atoms with E-state index in [2.05, 4.69) is 30.1 Å².